The van der Waals surface area contributed by atoms with Crippen molar-refractivity contribution in [1.82, 2.24) is 9.97 Å². The second kappa shape index (κ2) is 4.93. The van der Waals surface area contributed by atoms with Gasteiger partial charge in [-0.1, -0.05) is 6.07 Å². The van der Waals surface area contributed by atoms with Crippen LogP contribution in [0.15, 0.2) is 30.6 Å². The van der Waals surface area contributed by atoms with Crippen LogP contribution in [0.5, 0.6) is 5.75 Å². The molecule has 17 heavy (non-hydrogen) atoms. The van der Waals surface area contributed by atoms with Gasteiger partial charge in [-0.25, -0.2) is 4.98 Å². The van der Waals surface area contributed by atoms with E-state index in [9.17, 15) is 0 Å². The first-order valence-electron chi connectivity index (χ1n) is 5.40. The van der Waals surface area contributed by atoms with Gasteiger partial charge in [0, 0.05) is 18.3 Å². The molecule has 2 N–H and O–H groups in total. The third kappa shape index (κ3) is 2.42. The molecular formula is C13H15N3O. The second-order valence-corrected chi connectivity index (χ2v) is 3.80. The van der Waals surface area contributed by atoms with Gasteiger partial charge in [-0.2, -0.15) is 0 Å². The van der Waals surface area contributed by atoms with Crippen LogP contribution >= 0.6 is 0 Å². The Kier molecular flexibility index (Phi) is 3.35. The van der Waals surface area contributed by atoms with Crippen LogP contribution in [0.4, 0.5) is 0 Å². The number of methoxy groups -OCH3 is 1. The van der Waals surface area contributed by atoms with Crippen molar-refractivity contribution in [3.8, 4) is 17.0 Å². The molecule has 1 aromatic carbocycles. The Labute approximate surface area is 100 Å². The monoisotopic (exact) mass is 229 g/mol. The number of aromatic nitrogens is 2. The molecule has 0 fully saturated rings. The SMILES string of the molecule is COc1cc(C)ccc1-c1cncc(CN)n1. The van der Waals surface area contributed by atoms with E-state index in [4.69, 9.17) is 10.5 Å². The van der Waals surface area contributed by atoms with E-state index in [1.165, 1.54) is 0 Å². The van der Waals surface area contributed by atoms with E-state index in [0.29, 0.717) is 6.54 Å². The van der Waals surface area contributed by atoms with Crippen LogP contribution in [0.1, 0.15) is 11.3 Å². The Bertz CT molecular complexity index is 526. The van der Waals surface area contributed by atoms with Crippen molar-refractivity contribution in [2.45, 2.75) is 13.5 Å². The molecule has 0 bridgehead atoms. The first-order valence-corrected chi connectivity index (χ1v) is 5.40. The van der Waals surface area contributed by atoms with Crippen LogP contribution in [0.25, 0.3) is 11.3 Å². The molecule has 1 aromatic heterocycles. The normalized spacial score (nSPS) is 10.3. The maximum atomic E-state index is 5.56. The van der Waals surface area contributed by atoms with Gasteiger partial charge < -0.3 is 10.5 Å². The van der Waals surface area contributed by atoms with E-state index in [0.717, 1.165) is 28.3 Å². The van der Waals surface area contributed by atoms with Crippen LogP contribution in [-0.4, -0.2) is 17.1 Å². The van der Waals surface area contributed by atoms with Crippen molar-refractivity contribution in [2.24, 2.45) is 5.73 Å². The predicted octanol–water partition coefficient (Wildman–Crippen LogP) is 1.92. The Morgan fingerprint density at radius 1 is 1.29 bits per heavy atom. The standard InChI is InChI=1S/C13H15N3O/c1-9-3-4-11(13(5-9)17-2)12-8-15-7-10(6-14)16-12/h3-5,7-8H,6,14H2,1-2H3. The summed E-state index contributed by atoms with van der Waals surface area (Å²) in [5.41, 5.74) is 9.19. The van der Waals surface area contributed by atoms with Crippen LogP contribution in [0, 0.1) is 6.92 Å². The van der Waals surface area contributed by atoms with Crippen molar-refractivity contribution in [1.29, 1.82) is 0 Å². The summed E-state index contributed by atoms with van der Waals surface area (Å²) in [6.07, 6.45) is 3.39. The van der Waals surface area contributed by atoms with Crippen LogP contribution in [-0.2, 0) is 6.54 Å². The van der Waals surface area contributed by atoms with E-state index in [-0.39, 0.29) is 0 Å². The molecule has 88 valence electrons. The minimum Gasteiger partial charge on any atom is -0.496 e. The van der Waals surface area contributed by atoms with E-state index in [1.807, 2.05) is 25.1 Å². The van der Waals surface area contributed by atoms with E-state index < -0.39 is 0 Å². The number of nitrogens with zero attached hydrogens (tertiary/aromatic N) is 2. The van der Waals surface area contributed by atoms with Crippen molar-refractivity contribution in [2.75, 3.05) is 7.11 Å². The van der Waals surface area contributed by atoms with Crippen molar-refractivity contribution in [3.05, 3.63) is 41.9 Å². The van der Waals surface area contributed by atoms with Gasteiger partial charge >= 0.3 is 0 Å². The van der Waals surface area contributed by atoms with Gasteiger partial charge in [0.2, 0.25) is 0 Å². The zero-order valence-electron chi connectivity index (χ0n) is 9.97. The molecule has 4 heteroatoms. The third-order valence-electron chi connectivity index (χ3n) is 2.53. The number of benzene rings is 1. The molecule has 0 spiro atoms. The summed E-state index contributed by atoms with van der Waals surface area (Å²) in [6.45, 7) is 2.41. The molecule has 0 radical (unpaired) electrons. The first kappa shape index (κ1) is 11.5. The lowest BCUT2D eigenvalue weighted by molar-refractivity contribution is 0.416. The zero-order chi connectivity index (χ0) is 12.3. The van der Waals surface area contributed by atoms with Gasteiger partial charge in [-0.05, 0) is 24.6 Å². The smallest absolute Gasteiger partial charge is 0.128 e. The summed E-state index contributed by atoms with van der Waals surface area (Å²) in [5, 5.41) is 0. The fourth-order valence-corrected chi connectivity index (χ4v) is 1.64. The molecule has 0 amide bonds. The maximum Gasteiger partial charge on any atom is 0.128 e. The lowest BCUT2D eigenvalue weighted by Gasteiger charge is -2.09. The number of rotatable bonds is 3. The highest BCUT2D eigenvalue weighted by Crippen LogP contribution is 2.28. The first-order chi connectivity index (χ1) is 8.24. The summed E-state index contributed by atoms with van der Waals surface area (Å²) < 4.78 is 5.36. The second-order valence-electron chi connectivity index (χ2n) is 3.80. The van der Waals surface area contributed by atoms with Crippen LogP contribution in [0.2, 0.25) is 0 Å². The van der Waals surface area contributed by atoms with Crippen LogP contribution in [0.3, 0.4) is 0 Å². The summed E-state index contributed by atoms with van der Waals surface area (Å²) in [6, 6.07) is 5.99. The van der Waals surface area contributed by atoms with Gasteiger partial charge in [-0.15, -0.1) is 0 Å². The molecule has 4 nitrogen and oxygen atoms in total. The Hall–Kier alpha value is -1.94. The highest BCUT2D eigenvalue weighted by atomic mass is 16.5. The minimum atomic E-state index is 0.384. The summed E-state index contributed by atoms with van der Waals surface area (Å²) >= 11 is 0. The summed E-state index contributed by atoms with van der Waals surface area (Å²) in [5.74, 6) is 0.800. The largest absolute Gasteiger partial charge is 0.496 e. The summed E-state index contributed by atoms with van der Waals surface area (Å²) in [4.78, 5) is 8.56. The van der Waals surface area contributed by atoms with Crippen molar-refractivity contribution in [3.63, 3.8) is 0 Å². The number of hydrogen-bond donors (Lipinski definition) is 1. The lowest BCUT2D eigenvalue weighted by Crippen LogP contribution is -2.01. The van der Waals surface area contributed by atoms with Crippen molar-refractivity contribution >= 4 is 0 Å². The van der Waals surface area contributed by atoms with Crippen molar-refractivity contribution < 1.29 is 4.74 Å². The molecule has 0 saturated heterocycles. The molecule has 0 aliphatic heterocycles. The number of ether oxygens (including phenoxy) is 1. The highest BCUT2D eigenvalue weighted by Gasteiger charge is 2.08. The average molecular weight is 229 g/mol. The fourth-order valence-electron chi connectivity index (χ4n) is 1.64. The van der Waals surface area contributed by atoms with Gasteiger partial charge in [0.15, 0.2) is 0 Å². The Balaban J connectivity index is 2.51. The highest BCUT2D eigenvalue weighted by molar-refractivity contribution is 5.67. The van der Waals surface area contributed by atoms with Gasteiger partial charge in [0.1, 0.15) is 5.75 Å². The zero-order valence-corrected chi connectivity index (χ0v) is 9.97. The number of nitrogens with two attached hydrogens (primary N) is 1. The molecule has 0 saturated carbocycles. The third-order valence-corrected chi connectivity index (χ3v) is 2.53. The molecular weight excluding hydrogens is 214 g/mol. The molecule has 1 heterocycles. The maximum absolute atomic E-state index is 5.56. The Morgan fingerprint density at radius 2 is 2.12 bits per heavy atom. The number of hydrogen-bond acceptors (Lipinski definition) is 4. The van der Waals surface area contributed by atoms with Gasteiger partial charge in [0.25, 0.3) is 0 Å². The average Bonchev–Trinajstić information content (AvgIpc) is 2.38. The molecule has 2 aromatic rings. The molecule has 2 rings (SSSR count). The topological polar surface area (TPSA) is 61.0 Å². The van der Waals surface area contributed by atoms with Gasteiger partial charge in [-0.3, -0.25) is 4.98 Å². The predicted molar refractivity (Wildman–Crippen MR) is 66.6 cm³/mol. The van der Waals surface area contributed by atoms with E-state index in [2.05, 4.69) is 9.97 Å². The lowest BCUT2D eigenvalue weighted by atomic mass is 10.1. The quantitative estimate of drug-likeness (QED) is 0.873. The van der Waals surface area contributed by atoms with Gasteiger partial charge in [0.05, 0.1) is 24.7 Å². The molecule has 0 unspecified atom stereocenters. The summed E-state index contributed by atoms with van der Waals surface area (Å²) in [7, 11) is 1.65. The minimum absolute atomic E-state index is 0.384. The molecule has 0 aliphatic rings. The number of aryl methyl sites for hydroxylation is 1. The van der Waals surface area contributed by atoms with E-state index >= 15 is 0 Å². The van der Waals surface area contributed by atoms with E-state index in [1.54, 1.807) is 19.5 Å². The fraction of sp³-hybridized carbons (Fsp3) is 0.231. The van der Waals surface area contributed by atoms with Crippen LogP contribution < -0.4 is 10.5 Å². The Morgan fingerprint density at radius 3 is 2.82 bits per heavy atom. The molecule has 0 aliphatic carbocycles. The molecule has 0 atom stereocenters.